The molecule has 0 amide bonds. The molecule has 13 nitrogen and oxygen atoms in total. The van der Waals surface area contributed by atoms with Gasteiger partial charge in [0.05, 0.1) is 17.9 Å². The maximum Gasteiger partial charge on any atom is 0.334 e. The number of nitrogens with two attached hydrogens (primary N) is 2. The van der Waals surface area contributed by atoms with Gasteiger partial charge in [0.1, 0.15) is 52.3 Å². The van der Waals surface area contributed by atoms with Crippen molar-refractivity contribution in [2.75, 3.05) is 20.1 Å². The average Bonchev–Trinajstić information content (AvgIpc) is 3.19. The second kappa shape index (κ2) is 16.3. The summed E-state index contributed by atoms with van der Waals surface area (Å²) in [6.45, 7) is 4.04. The maximum absolute atomic E-state index is 14.0. The predicted molar refractivity (Wildman–Crippen MR) is 216 cm³/mol. The summed E-state index contributed by atoms with van der Waals surface area (Å²) in [5, 5.41) is 42.4. The molecule has 0 spiro atoms. The number of dihydropyridines is 2. The molecule has 0 fully saturated rings. The first-order chi connectivity index (χ1) is 27.4. The third kappa shape index (κ3) is 7.64. The van der Waals surface area contributed by atoms with Gasteiger partial charge in [0.15, 0.2) is 5.43 Å². The van der Waals surface area contributed by atoms with Crippen LogP contribution >= 0.6 is 0 Å². The number of nitrogens with one attached hydrogen (secondary N) is 3. The lowest BCUT2D eigenvalue weighted by molar-refractivity contribution is -0.164. The van der Waals surface area contributed by atoms with Crippen molar-refractivity contribution >= 4 is 16.9 Å². The van der Waals surface area contributed by atoms with E-state index in [1.165, 1.54) is 0 Å². The molecule has 13 heteroatoms. The quantitative estimate of drug-likeness (QED) is 0.0838. The first kappa shape index (κ1) is 39.3. The molecule has 57 heavy (non-hydrogen) atoms. The zero-order chi connectivity index (χ0) is 40.4. The number of carbonyl (C=O) groups is 1. The van der Waals surface area contributed by atoms with Crippen molar-refractivity contribution in [2.45, 2.75) is 75.8 Å². The highest BCUT2D eigenvalue weighted by atomic mass is 16.6. The molecule has 2 aromatic carbocycles. The van der Waals surface area contributed by atoms with Gasteiger partial charge in [0.2, 0.25) is 0 Å². The van der Waals surface area contributed by atoms with E-state index in [0.29, 0.717) is 54.9 Å². The molecule has 10 N–H and O–H groups in total. The van der Waals surface area contributed by atoms with Crippen molar-refractivity contribution in [3.05, 3.63) is 122 Å². The number of aliphatic hydroxyl groups is 1. The monoisotopic (exact) mass is 775 g/mol. The molecule has 4 aliphatic rings. The van der Waals surface area contributed by atoms with Crippen LogP contribution in [0.15, 0.2) is 98.7 Å². The van der Waals surface area contributed by atoms with Crippen LogP contribution < -0.4 is 37.6 Å². The van der Waals surface area contributed by atoms with Gasteiger partial charge in [-0.05, 0) is 81.3 Å². The zero-order valence-electron chi connectivity index (χ0n) is 32.2. The van der Waals surface area contributed by atoms with Crippen LogP contribution in [0.2, 0.25) is 0 Å². The summed E-state index contributed by atoms with van der Waals surface area (Å²) in [4.78, 5) is 28.0. The fourth-order valence-electron chi connectivity index (χ4n) is 8.26. The highest BCUT2D eigenvalue weighted by molar-refractivity contribution is 5.92. The first-order valence-electron chi connectivity index (χ1n) is 19.2. The van der Waals surface area contributed by atoms with Crippen LogP contribution in [-0.2, 0) is 22.6 Å². The summed E-state index contributed by atoms with van der Waals surface area (Å²) in [5.74, 6) is 4.97. The lowest BCUT2D eigenvalue weighted by Crippen LogP contribution is -2.56. The van der Waals surface area contributed by atoms with Crippen LogP contribution in [0.1, 0.15) is 67.4 Å². The number of hydrogen-bond acceptors (Lipinski definition) is 13. The van der Waals surface area contributed by atoms with Crippen LogP contribution in [0, 0.1) is 17.8 Å². The third-order valence-electron chi connectivity index (χ3n) is 11.4. The van der Waals surface area contributed by atoms with Gasteiger partial charge in [-0.25, -0.2) is 4.79 Å². The van der Waals surface area contributed by atoms with E-state index in [2.05, 4.69) is 27.8 Å². The van der Waals surface area contributed by atoms with E-state index in [0.717, 1.165) is 17.2 Å². The molecule has 3 aromatic rings. The van der Waals surface area contributed by atoms with Crippen molar-refractivity contribution in [2.24, 2.45) is 17.4 Å². The highest BCUT2D eigenvalue weighted by Gasteiger charge is 2.52. The van der Waals surface area contributed by atoms with E-state index in [9.17, 15) is 24.9 Å². The van der Waals surface area contributed by atoms with Crippen LogP contribution in [-0.4, -0.2) is 59.3 Å². The summed E-state index contributed by atoms with van der Waals surface area (Å²) in [5.41, 5.74) is 14.1. The predicted octanol–water partition coefficient (Wildman–Crippen LogP) is 3.80. The van der Waals surface area contributed by atoms with Gasteiger partial charge < -0.3 is 56.6 Å². The number of ether oxygens (including phenoxy) is 2. The Labute approximate surface area is 330 Å². The minimum absolute atomic E-state index is 0.0133. The molecule has 0 saturated carbocycles. The Bertz CT molecular complexity index is 2360. The van der Waals surface area contributed by atoms with Gasteiger partial charge in [-0.15, -0.1) is 5.92 Å². The molecule has 6 atom stereocenters. The first-order valence-corrected chi connectivity index (χ1v) is 19.2. The fraction of sp³-hybridized carbons (Fsp3) is 0.364. The van der Waals surface area contributed by atoms with E-state index in [1.807, 2.05) is 37.4 Å². The third-order valence-corrected chi connectivity index (χ3v) is 11.4. The molecule has 0 saturated heterocycles. The fourth-order valence-corrected chi connectivity index (χ4v) is 8.26. The van der Waals surface area contributed by atoms with Crippen molar-refractivity contribution in [1.82, 2.24) is 16.0 Å². The number of phenolic OH excluding ortho intramolecular Hbond substituents is 2. The Morgan fingerprint density at radius 3 is 2.77 bits per heavy atom. The second-order valence-electron chi connectivity index (χ2n) is 15.0. The SMILES string of the molecule is C/C=C(/CCNC)C(=O)O[C@@H]1Cc2c3c(c4oc(CO)cc(=O)c4c2O)[C@@H](C2=CCNC(N)=C2)[C@@H](c2cccc(O)c2)C#CC[C@@H](CC2=CNC(N)C=C2)[C@]1(C)O3. The minimum atomic E-state index is -1.27. The van der Waals surface area contributed by atoms with Gasteiger partial charge in [-0.3, -0.25) is 4.79 Å². The van der Waals surface area contributed by atoms with Gasteiger partial charge in [-0.2, -0.15) is 0 Å². The molecule has 1 unspecified atom stereocenters. The Morgan fingerprint density at radius 1 is 1.25 bits per heavy atom. The van der Waals surface area contributed by atoms with Gasteiger partial charge in [-0.1, -0.05) is 36.3 Å². The number of rotatable bonds is 10. The molecule has 5 heterocycles. The Kier molecular flexibility index (Phi) is 11.2. The van der Waals surface area contributed by atoms with E-state index in [1.54, 1.807) is 44.3 Å². The van der Waals surface area contributed by atoms with Gasteiger partial charge >= 0.3 is 5.97 Å². The zero-order valence-corrected chi connectivity index (χ0v) is 32.2. The van der Waals surface area contributed by atoms with Crippen molar-refractivity contribution < 1.29 is 34.0 Å². The van der Waals surface area contributed by atoms with Crippen LogP contribution in [0.25, 0.3) is 11.0 Å². The summed E-state index contributed by atoms with van der Waals surface area (Å²) in [6, 6.07) is 7.98. The second-order valence-corrected chi connectivity index (χ2v) is 15.0. The smallest absolute Gasteiger partial charge is 0.334 e. The molecule has 298 valence electrons. The van der Waals surface area contributed by atoms with Crippen molar-refractivity contribution in [1.29, 1.82) is 0 Å². The molecular weight excluding hydrogens is 727 g/mol. The Morgan fingerprint density at radius 2 is 2.07 bits per heavy atom. The molecule has 7 rings (SSSR count). The standard InChI is InChI=1S/C44H49N5O8/c1-4-25(13-15-47-3)43(54)56-34-21-32-40(53)38-33(52)20-30(23-50)55-42(38)39-37(27-14-16-48-36(46)19-27)31(26-7-5-9-29(51)18-26)10-6-8-28(44(34,2)57-41(32)39)17-24-11-12-35(45)49-22-24/h4-5,7,9,11-12,14,18-20,22,28,31,34-35,37,47-51,53H,8,13,15-17,21,23,45-46H2,1-3H3/b25-4-/t28-,31+,34+,35?,37-,44-/m0/s1. The number of allylic oxidation sites excluding steroid dienone is 5. The lowest BCUT2D eigenvalue weighted by atomic mass is 9.70. The van der Waals surface area contributed by atoms with Gasteiger partial charge in [0, 0.05) is 60.2 Å². The molecule has 2 bridgehead atoms. The van der Waals surface area contributed by atoms with Crippen LogP contribution in [0.3, 0.4) is 0 Å². The number of aliphatic hydroxyl groups excluding tert-OH is 1. The number of esters is 1. The number of phenols is 2. The van der Waals surface area contributed by atoms with E-state index < -0.39 is 47.5 Å². The van der Waals surface area contributed by atoms with Crippen molar-refractivity contribution in [3.63, 3.8) is 0 Å². The number of carbonyl (C=O) groups excluding carboxylic acids is 1. The lowest BCUT2D eigenvalue weighted by Gasteiger charge is -2.48. The number of benzene rings is 2. The summed E-state index contributed by atoms with van der Waals surface area (Å²) in [7, 11) is 1.81. The number of fused-ring (bicyclic) bond motifs is 3. The summed E-state index contributed by atoms with van der Waals surface area (Å²) < 4.78 is 20.1. The van der Waals surface area contributed by atoms with E-state index >= 15 is 0 Å². The van der Waals surface area contributed by atoms with Crippen LogP contribution in [0.4, 0.5) is 0 Å². The number of hydrogen-bond donors (Lipinski definition) is 8. The molecular formula is C44H49N5O8. The summed E-state index contributed by atoms with van der Waals surface area (Å²) in [6.07, 6.45) is 11.0. The highest BCUT2D eigenvalue weighted by Crippen LogP contribution is 2.55. The average molecular weight is 776 g/mol. The van der Waals surface area contributed by atoms with Crippen LogP contribution in [0.5, 0.6) is 17.2 Å². The maximum atomic E-state index is 14.0. The Balaban J connectivity index is 1.55. The van der Waals surface area contributed by atoms with Gasteiger partial charge in [0.25, 0.3) is 0 Å². The number of aromatic hydroxyl groups is 2. The van der Waals surface area contributed by atoms with Crippen molar-refractivity contribution in [3.8, 4) is 29.1 Å². The summed E-state index contributed by atoms with van der Waals surface area (Å²) >= 11 is 0. The van der Waals surface area contributed by atoms with E-state index in [-0.39, 0.29) is 52.1 Å². The molecule has 4 aliphatic heterocycles. The Hall–Kier alpha value is -5.94. The largest absolute Gasteiger partial charge is 0.508 e. The molecule has 0 aliphatic carbocycles. The minimum Gasteiger partial charge on any atom is -0.508 e. The topological polar surface area (TPSA) is 215 Å². The normalized spacial score (nSPS) is 25.4. The molecule has 1 aromatic heterocycles. The molecule has 0 radical (unpaired) electrons. The van der Waals surface area contributed by atoms with E-state index in [4.69, 9.17) is 25.4 Å².